The lowest BCUT2D eigenvalue weighted by Gasteiger charge is -2.26. The number of hydrogen-bond donors (Lipinski definition) is 3. The first kappa shape index (κ1) is 45.8. The molecule has 0 saturated carbocycles. The molecule has 0 atom stereocenters. The van der Waals surface area contributed by atoms with E-state index in [-0.39, 0.29) is 6.47 Å². The zero-order valence-corrected chi connectivity index (χ0v) is 38.1. The van der Waals surface area contributed by atoms with Gasteiger partial charge in [0.15, 0.2) is 11.6 Å². The number of methoxy groups -OCH3 is 1. The molecule has 2 amide bonds. The van der Waals surface area contributed by atoms with E-state index in [1.165, 1.54) is 0 Å². The van der Waals surface area contributed by atoms with E-state index in [1.54, 1.807) is 43.8 Å². The summed E-state index contributed by atoms with van der Waals surface area (Å²) in [6.45, 7) is 14.2. The fourth-order valence-electron chi connectivity index (χ4n) is 8.67. The van der Waals surface area contributed by atoms with Crippen molar-refractivity contribution >= 4 is 62.2 Å². The number of allylic oxidation sites excluding steroid dienone is 2. The molecule has 0 aliphatic carbocycles. The number of fused-ring (bicyclic) bond motifs is 6. The first-order valence-electron chi connectivity index (χ1n) is 22.0. The maximum Gasteiger partial charge on any atom is 0.290 e. The van der Waals surface area contributed by atoms with Crippen molar-refractivity contribution in [2.75, 3.05) is 46.6 Å². The third-order valence-corrected chi connectivity index (χ3v) is 11.7. The molecule has 20 heteroatoms. The highest BCUT2D eigenvalue weighted by molar-refractivity contribution is 6.13. The zero-order chi connectivity index (χ0) is 47.4. The van der Waals surface area contributed by atoms with Crippen LogP contribution in [0.4, 0.5) is 0 Å². The van der Waals surface area contributed by atoms with Gasteiger partial charge in [-0.1, -0.05) is 12.2 Å². The lowest BCUT2D eigenvalue weighted by molar-refractivity contribution is -0.122. The minimum absolute atomic E-state index is 0.250. The van der Waals surface area contributed by atoms with Gasteiger partial charge >= 0.3 is 0 Å². The first-order valence-corrected chi connectivity index (χ1v) is 22.0. The van der Waals surface area contributed by atoms with Gasteiger partial charge in [0, 0.05) is 90.9 Å². The third-order valence-electron chi connectivity index (χ3n) is 11.7. The van der Waals surface area contributed by atoms with Crippen molar-refractivity contribution in [2.24, 2.45) is 11.5 Å². The Labute approximate surface area is 384 Å². The van der Waals surface area contributed by atoms with Gasteiger partial charge in [-0.25, -0.2) is 19.9 Å². The normalized spacial score (nSPS) is 13.2. The smallest absolute Gasteiger partial charge is 0.290 e. The molecular formula is C47H53N13O7. The Hall–Kier alpha value is -7.71. The second kappa shape index (κ2) is 19.8. The lowest BCUT2D eigenvalue weighted by atomic mass is 10.1. The quantitative estimate of drug-likeness (QED) is 0.0646. The number of morpholine rings is 1. The average molecular weight is 912 g/mol. The Kier molecular flexibility index (Phi) is 13.5. The van der Waals surface area contributed by atoms with Gasteiger partial charge in [-0.2, -0.15) is 10.2 Å². The van der Waals surface area contributed by atoms with Crippen LogP contribution in [0, 0.1) is 13.8 Å². The lowest BCUT2D eigenvalue weighted by Crippen LogP contribution is -2.37. The summed E-state index contributed by atoms with van der Waals surface area (Å²) in [6, 6.07) is 10.9. The van der Waals surface area contributed by atoms with Crippen LogP contribution in [0.2, 0.25) is 0 Å². The van der Waals surface area contributed by atoms with Crippen molar-refractivity contribution in [1.82, 2.24) is 53.5 Å². The molecule has 20 nitrogen and oxygen atoms in total. The van der Waals surface area contributed by atoms with Crippen molar-refractivity contribution in [3.63, 3.8) is 0 Å². The van der Waals surface area contributed by atoms with Crippen LogP contribution >= 0.6 is 0 Å². The SMILES string of the molecule is CCn1nc(C)cc1-c1ncc2c3cc(C(N)=O)cc(OC)c3n(C/C=C/Cn3c4nc(-c5cc(C)nn5CC)ncc4c4cc(C(N)=O)cc(OCCCN5CCOCC5)c43)c2n1.O=CO. The van der Waals surface area contributed by atoms with Gasteiger partial charge in [0.05, 0.1) is 49.4 Å². The maximum atomic E-state index is 12.8. The molecule has 1 aliphatic heterocycles. The van der Waals surface area contributed by atoms with E-state index in [4.69, 9.17) is 55.5 Å². The van der Waals surface area contributed by atoms with Crippen molar-refractivity contribution < 1.29 is 33.7 Å². The summed E-state index contributed by atoms with van der Waals surface area (Å²) < 4.78 is 25.9. The molecule has 0 unspecified atom stereocenters. The minimum atomic E-state index is -0.573. The summed E-state index contributed by atoms with van der Waals surface area (Å²) in [5, 5.41) is 19.1. The van der Waals surface area contributed by atoms with Crippen molar-refractivity contribution in [3.8, 4) is 34.5 Å². The van der Waals surface area contributed by atoms with Crippen molar-refractivity contribution in [3.05, 3.63) is 83.5 Å². The van der Waals surface area contributed by atoms with E-state index in [1.807, 2.05) is 49.2 Å². The Morgan fingerprint density at radius 2 is 1.22 bits per heavy atom. The molecule has 348 valence electrons. The van der Waals surface area contributed by atoms with Crippen LogP contribution < -0.4 is 20.9 Å². The first-order chi connectivity index (χ1) is 32.5. The number of primary amides is 2. The van der Waals surface area contributed by atoms with Crippen molar-refractivity contribution in [2.45, 2.75) is 60.3 Å². The summed E-state index contributed by atoms with van der Waals surface area (Å²) in [7, 11) is 1.57. The average Bonchev–Trinajstić information content (AvgIpc) is 4.08. The molecule has 67 heavy (non-hydrogen) atoms. The number of aromatic nitrogens is 10. The van der Waals surface area contributed by atoms with Crippen LogP contribution in [0.3, 0.4) is 0 Å². The van der Waals surface area contributed by atoms with E-state index in [2.05, 4.69) is 36.4 Å². The Balaban J connectivity index is 0.00000198. The largest absolute Gasteiger partial charge is 0.495 e. The zero-order valence-electron chi connectivity index (χ0n) is 38.1. The third kappa shape index (κ3) is 9.12. The summed E-state index contributed by atoms with van der Waals surface area (Å²) >= 11 is 0. The highest BCUT2D eigenvalue weighted by Crippen LogP contribution is 2.38. The number of hydrogen-bond acceptors (Lipinski definition) is 13. The molecule has 0 spiro atoms. The van der Waals surface area contributed by atoms with Gasteiger partial charge < -0.3 is 39.9 Å². The molecule has 6 aromatic heterocycles. The standard InChI is InChI=1S/C46H51N13O5.CH2O2/c1-6-58-35(19-27(3)53-58)43-49-25-33-31-21-29(41(47)60)23-37(62-5)39(31)56(45(33)51-43)12-8-9-13-57-40-32(34-26-50-44(52-46(34)57)36-20-28(4)54-59(36)7-2)22-30(42(48)61)24-38(40)64-16-10-11-55-14-17-63-18-15-55;2-1-3/h8-9,19-26H,6-7,10-18H2,1-5H3,(H2,47,60)(H2,48,61);1H,(H,2,3)/b9-8+;. The highest BCUT2D eigenvalue weighted by atomic mass is 16.5. The van der Waals surface area contributed by atoms with Gasteiger partial charge in [-0.3, -0.25) is 28.6 Å². The van der Waals surface area contributed by atoms with Gasteiger partial charge in [0.25, 0.3) is 6.47 Å². The van der Waals surface area contributed by atoms with Crippen LogP contribution in [0.25, 0.3) is 66.9 Å². The number of benzene rings is 2. The summed E-state index contributed by atoms with van der Waals surface area (Å²) in [6.07, 6.45) is 8.46. The minimum Gasteiger partial charge on any atom is -0.495 e. The topological polar surface area (TPSA) is 251 Å². The van der Waals surface area contributed by atoms with Crippen LogP contribution in [0.5, 0.6) is 11.5 Å². The second-order valence-corrected chi connectivity index (χ2v) is 16.0. The van der Waals surface area contributed by atoms with Crippen LogP contribution in [-0.4, -0.2) is 123 Å². The number of carboxylic acid groups (broad SMARTS) is 1. The van der Waals surface area contributed by atoms with E-state index >= 15 is 0 Å². The van der Waals surface area contributed by atoms with E-state index < -0.39 is 11.8 Å². The van der Waals surface area contributed by atoms with E-state index in [9.17, 15) is 9.59 Å². The number of amides is 2. The molecule has 9 rings (SSSR count). The van der Waals surface area contributed by atoms with Gasteiger partial charge in [-0.05, 0) is 70.5 Å². The van der Waals surface area contributed by atoms with Crippen LogP contribution in [-0.2, 0) is 35.7 Å². The summed E-state index contributed by atoms with van der Waals surface area (Å²) in [4.78, 5) is 55.8. The number of rotatable bonds is 16. The molecule has 1 fully saturated rings. The van der Waals surface area contributed by atoms with Gasteiger partial charge in [0.1, 0.15) is 34.2 Å². The van der Waals surface area contributed by atoms with E-state index in [0.717, 1.165) is 94.6 Å². The molecule has 8 aromatic rings. The summed E-state index contributed by atoms with van der Waals surface area (Å²) in [5.74, 6) is 0.906. The highest BCUT2D eigenvalue weighted by Gasteiger charge is 2.23. The maximum absolute atomic E-state index is 12.8. The second-order valence-electron chi connectivity index (χ2n) is 16.0. The monoisotopic (exact) mass is 911 g/mol. The molecule has 2 aromatic carbocycles. The Morgan fingerprint density at radius 3 is 1.69 bits per heavy atom. The molecule has 7 heterocycles. The number of carbonyl (C=O) groups is 3. The Bertz CT molecular complexity index is 3180. The number of nitrogens with zero attached hydrogens (tertiary/aromatic N) is 11. The molecule has 0 bridgehead atoms. The molecule has 1 aliphatic rings. The molecule has 1 saturated heterocycles. The van der Waals surface area contributed by atoms with Crippen LogP contribution in [0.15, 0.2) is 60.9 Å². The van der Waals surface area contributed by atoms with Crippen LogP contribution in [0.1, 0.15) is 52.4 Å². The fraction of sp³-hybridized carbons (Fsp3) is 0.340. The molecule has 5 N–H and O–H groups in total. The summed E-state index contributed by atoms with van der Waals surface area (Å²) in [5.41, 5.74) is 18.5. The number of nitrogens with two attached hydrogens (primary N) is 2. The van der Waals surface area contributed by atoms with Crippen molar-refractivity contribution in [1.29, 1.82) is 0 Å². The number of carbonyl (C=O) groups excluding carboxylic acids is 2. The van der Waals surface area contributed by atoms with E-state index in [0.29, 0.717) is 78.4 Å². The fourth-order valence-corrected chi connectivity index (χ4v) is 8.67. The molecular weight excluding hydrogens is 859 g/mol. The number of aryl methyl sites for hydroxylation is 4. The number of ether oxygens (including phenoxy) is 3. The molecule has 0 radical (unpaired) electrons. The predicted octanol–water partition coefficient (Wildman–Crippen LogP) is 5.13. The van der Waals surface area contributed by atoms with Gasteiger partial charge in [0.2, 0.25) is 11.8 Å². The van der Waals surface area contributed by atoms with Gasteiger partial charge in [-0.15, -0.1) is 0 Å². The predicted molar refractivity (Wildman–Crippen MR) is 252 cm³/mol. The Morgan fingerprint density at radius 1 is 0.746 bits per heavy atom.